The van der Waals surface area contributed by atoms with Gasteiger partial charge in [0.15, 0.2) is 6.04 Å². The molecule has 18 heavy (non-hydrogen) atoms. The Morgan fingerprint density at radius 3 is 2.44 bits per heavy atom. The molecule has 104 valence electrons. The maximum absolute atomic E-state index is 11.4. The van der Waals surface area contributed by atoms with Gasteiger partial charge in [0.2, 0.25) is 0 Å². The summed E-state index contributed by atoms with van der Waals surface area (Å²) in [4.78, 5) is 24.4. The molecule has 0 saturated carbocycles. The zero-order valence-electron chi connectivity index (χ0n) is 10.6. The fourth-order valence-corrected chi connectivity index (χ4v) is 1.91. The second-order valence-corrected chi connectivity index (χ2v) is 4.51. The molecule has 0 aliphatic carbocycles. The van der Waals surface area contributed by atoms with Crippen molar-refractivity contribution >= 4 is 12.0 Å². The average Bonchev–Trinajstić information content (AvgIpc) is 2.78. The molecular formula is C11H21N3O4. The Kier molecular flexibility index (Phi) is 5.87. The number of aliphatic hydroxyl groups excluding tert-OH is 1. The van der Waals surface area contributed by atoms with Crippen LogP contribution < -0.4 is 10.6 Å². The topological polar surface area (TPSA) is 102 Å². The summed E-state index contributed by atoms with van der Waals surface area (Å²) in [5.74, 6) is -1.25. The first kappa shape index (κ1) is 14.7. The Morgan fingerprint density at radius 1 is 1.33 bits per heavy atom. The van der Waals surface area contributed by atoms with Crippen LogP contribution in [0.2, 0.25) is 0 Å². The highest BCUT2D eigenvalue weighted by Gasteiger charge is 2.24. The van der Waals surface area contributed by atoms with Gasteiger partial charge in [0.05, 0.1) is 6.10 Å². The predicted molar refractivity (Wildman–Crippen MR) is 65.3 cm³/mol. The van der Waals surface area contributed by atoms with Crippen molar-refractivity contribution in [1.29, 1.82) is 0 Å². The lowest BCUT2D eigenvalue weighted by molar-refractivity contribution is -0.141. The van der Waals surface area contributed by atoms with Crippen LogP contribution in [-0.4, -0.2) is 65.4 Å². The largest absolute Gasteiger partial charge is 0.480 e. The van der Waals surface area contributed by atoms with Crippen molar-refractivity contribution in [2.75, 3.05) is 26.2 Å². The molecule has 1 saturated heterocycles. The standard InChI is InChI=1S/C11H21N3O4/c1-8(15)9(10(16)17)13-11(18)12-4-7-14-5-2-3-6-14/h8-9,15H,2-7H2,1H3,(H,16,17)(H2,12,13,18). The Labute approximate surface area is 106 Å². The second kappa shape index (κ2) is 7.17. The summed E-state index contributed by atoms with van der Waals surface area (Å²) >= 11 is 0. The number of aliphatic hydroxyl groups is 1. The van der Waals surface area contributed by atoms with E-state index in [0.717, 1.165) is 19.6 Å². The zero-order valence-corrected chi connectivity index (χ0v) is 10.6. The van der Waals surface area contributed by atoms with Crippen LogP contribution in [0.1, 0.15) is 19.8 Å². The SMILES string of the molecule is CC(O)C(NC(=O)NCCN1CCCC1)C(=O)O. The van der Waals surface area contributed by atoms with Gasteiger partial charge < -0.3 is 25.7 Å². The molecule has 7 heteroatoms. The van der Waals surface area contributed by atoms with Gasteiger partial charge in [-0.15, -0.1) is 0 Å². The lowest BCUT2D eigenvalue weighted by Crippen LogP contribution is -2.51. The Morgan fingerprint density at radius 2 is 1.94 bits per heavy atom. The number of carbonyl (C=O) groups excluding carboxylic acids is 1. The first-order valence-corrected chi connectivity index (χ1v) is 6.18. The number of nitrogens with zero attached hydrogens (tertiary/aromatic N) is 1. The molecular weight excluding hydrogens is 238 g/mol. The van der Waals surface area contributed by atoms with Crippen molar-refractivity contribution < 1.29 is 19.8 Å². The molecule has 0 spiro atoms. The number of carboxylic acid groups (broad SMARTS) is 1. The summed E-state index contributed by atoms with van der Waals surface area (Å²) in [7, 11) is 0. The number of amides is 2. The molecule has 2 amide bonds. The number of hydrogen-bond acceptors (Lipinski definition) is 4. The number of hydrogen-bond donors (Lipinski definition) is 4. The van der Waals surface area contributed by atoms with Gasteiger partial charge in [-0.3, -0.25) is 0 Å². The van der Waals surface area contributed by atoms with E-state index in [1.165, 1.54) is 19.8 Å². The van der Waals surface area contributed by atoms with Crippen LogP contribution in [0.5, 0.6) is 0 Å². The third kappa shape index (κ3) is 4.89. The highest BCUT2D eigenvalue weighted by atomic mass is 16.4. The van der Waals surface area contributed by atoms with E-state index >= 15 is 0 Å². The van der Waals surface area contributed by atoms with Gasteiger partial charge in [-0.25, -0.2) is 9.59 Å². The van der Waals surface area contributed by atoms with Crippen molar-refractivity contribution in [1.82, 2.24) is 15.5 Å². The molecule has 2 unspecified atom stereocenters. The van der Waals surface area contributed by atoms with E-state index in [1.807, 2.05) is 0 Å². The molecule has 0 aromatic rings. The molecule has 0 aromatic heterocycles. The van der Waals surface area contributed by atoms with Crippen LogP contribution in [-0.2, 0) is 4.79 Å². The van der Waals surface area contributed by atoms with E-state index in [4.69, 9.17) is 5.11 Å². The van der Waals surface area contributed by atoms with Crippen LogP contribution in [0, 0.1) is 0 Å². The zero-order chi connectivity index (χ0) is 13.5. The fraction of sp³-hybridized carbons (Fsp3) is 0.818. The summed E-state index contributed by atoms with van der Waals surface area (Å²) in [5, 5.41) is 22.8. The van der Waals surface area contributed by atoms with E-state index in [0.29, 0.717) is 6.54 Å². The minimum absolute atomic E-state index is 0.470. The predicted octanol–water partition coefficient (Wildman–Crippen LogP) is -0.785. The first-order chi connectivity index (χ1) is 8.50. The molecule has 2 atom stereocenters. The summed E-state index contributed by atoms with van der Waals surface area (Å²) in [6.45, 7) is 4.66. The number of likely N-dealkylation sites (tertiary alicyclic amines) is 1. The van der Waals surface area contributed by atoms with Gasteiger partial charge in [0.1, 0.15) is 0 Å². The number of rotatable bonds is 6. The van der Waals surface area contributed by atoms with Crippen molar-refractivity contribution in [3.8, 4) is 0 Å². The number of carboxylic acids is 1. The summed E-state index contributed by atoms with van der Waals surface area (Å²) in [6.07, 6.45) is 1.25. The Hall–Kier alpha value is -1.34. The number of nitrogens with one attached hydrogen (secondary N) is 2. The highest BCUT2D eigenvalue weighted by Crippen LogP contribution is 2.05. The van der Waals surface area contributed by atoms with Gasteiger partial charge in [-0.2, -0.15) is 0 Å². The van der Waals surface area contributed by atoms with E-state index < -0.39 is 24.1 Å². The molecule has 1 aliphatic rings. The first-order valence-electron chi connectivity index (χ1n) is 6.18. The maximum Gasteiger partial charge on any atom is 0.328 e. The van der Waals surface area contributed by atoms with Crippen LogP contribution >= 0.6 is 0 Å². The summed E-state index contributed by atoms with van der Waals surface area (Å²) in [6, 6.07) is -1.85. The van der Waals surface area contributed by atoms with Crippen molar-refractivity contribution in [3.05, 3.63) is 0 Å². The summed E-state index contributed by atoms with van der Waals surface area (Å²) in [5.41, 5.74) is 0. The lowest BCUT2D eigenvalue weighted by atomic mass is 10.2. The Balaban J connectivity index is 2.21. The van der Waals surface area contributed by atoms with E-state index in [2.05, 4.69) is 15.5 Å². The molecule has 1 heterocycles. The minimum Gasteiger partial charge on any atom is -0.480 e. The molecule has 4 N–H and O–H groups in total. The van der Waals surface area contributed by atoms with Gasteiger partial charge in [-0.05, 0) is 32.9 Å². The van der Waals surface area contributed by atoms with Gasteiger partial charge >= 0.3 is 12.0 Å². The minimum atomic E-state index is -1.28. The molecule has 0 bridgehead atoms. The summed E-state index contributed by atoms with van der Waals surface area (Å²) < 4.78 is 0. The average molecular weight is 259 g/mol. The molecule has 0 aromatic carbocycles. The van der Waals surface area contributed by atoms with Crippen LogP contribution in [0.15, 0.2) is 0 Å². The number of aliphatic carboxylic acids is 1. The Bertz CT molecular complexity index is 290. The smallest absolute Gasteiger partial charge is 0.328 e. The van der Waals surface area contributed by atoms with Crippen LogP contribution in [0.4, 0.5) is 4.79 Å². The third-order valence-electron chi connectivity index (χ3n) is 2.95. The highest BCUT2D eigenvalue weighted by molar-refractivity contribution is 5.82. The number of carbonyl (C=O) groups is 2. The number of urea groups is 1. The normalized spacial score (nSPS) is 19.2. The van der Waals surface area contributed by atoms with E-state index in [1.54, 1.807) is 0 Å². The van der Waals surface area contributed by atoms with Crippen LogP contribution in [0.3, 0.4) is 0 Å². The van der Waals surface area contributed by atoms with Crippen molar-refractivity contribution in [3.63, 3.8) is 0 Å². The quantitative estimate of drug-likeness (QED) is 0.501. The van der Waals surface area contributed by atoms with E-state index in [9.17, 15) is 14.7 Å². The molecule has 1 fully saturated rings. The lowest BCUT2D eigenvalue weighted by Gasteiger charge is -2.19. The fourth-order valence-electron chi connectivity index (χ4n) is 1.91. The monoisotopic (exact) mass is 259 g/mol. The van der Waals surface area contributed by atoms with E-state index in [-0.39, 0.29) is 0 Å². The van der Waals surface area contributed by atoms with Gasteiger partial charge in [0.25, 0.3) is 0 Å². The van der Waals surface area contributed by atoms with Crippen molar-refractivity contribution in [2.24, 2.45) is 0 Å². The second-order valence-electron chi connectivity index (χ2n) is 4.51. The third-order valence-corrected chi connectivity index (χ3v) is 2.95. The van der Waals surface area contributed by atoms with Crippen molar-refractivity contribution in [2.45, 2.75) is 31.9 Å². The molecule has 7 nitrogen and oxygen atoms in total. The maximum atomic E-state index is 11.4. The molecule has 1 aliphatic heterocycles. The van der Waals surface area contributed by atoms with Crippen LogP contribution in [0.25, 0.3) is 0 Å². The van der Waals surface area contributed by atoms with Gasteiger partial charge in [0, 0.05) is 13.1 Å². The molecule has 0 radical (unpaired) electrons. The molecule has 1 rings (SSSR count). The van der Waals surface area contributed by atoms with Gasteiger partial charge in [-0.1, -0.05) is 0 Å².